The number of methoxy groups -OCH3 is 1. The molecule has 0 aliphatic rings. The average molecular weight is 286 g/mol. The normalized spacial score (nSPS) is 12.1. The van der Waals surface area contributed by atoms with E-state index in [0.717, 1.165) is 4.31 Å². The molecule has 0 rings (SSSR count). The largest absolute Gasteiger partial charge is 0.468 e. The first kappa shape index (κ1) is 16.7. The van der Waals surface area contributed by atoms with Gasteiger partial charge in [0.15, 0.2) is 0 Å². The summed E-state index contributed by atoms with van der Waals surface area (Å²) in [5.41, 5.74) is 0. The molecule has 5 nitrogen and oxygen atoms in total. The number of rotatable bonds is 8. The molecule has 0 saturated carbocycles. The van der Waals surface area contributed by atoms with Crippen molar-refractivity contribution in [1.82, 2.24) is 4.31 Å². The van der Waals surface area contributed by atoms with Gasteiger partial charge in [0.2, 0.25) is 10.0 Å². The molecule has 0 aliphatic carbocycles. The Balaban J connectivity index is 4.62. The first-order valence-corrected chi connectivity index (χ1v) is 7.61. The number of sulfonamides is 1. The van der Waals surface area contributed by atoms with E-state index in [4.69, 9.17) is 11.6 Å². The van der Waals surface area contributed by atoms with E-state index in [1.54, 1.807) is 13.8 Å². The van der Waals surface area contributed by atoms with Crippen LogP contribution in [-0.4, -0.2) is 50.0 Å². The summed E-state index contributed by atoms with van der Waals surface area (Å²) in [7, 11) is -2.19. The van der Waals surface area contributed by atoms with Crippen molar-refractivity contribution in [2.24, 2.45) is 0 Å². The topological polar surface area (TPSA) is 63.7 Å². The number of ether oxygens (including phenoxy) is 1. The van der Waals surface area contributed by atoms with Crippen LogP contribution in [-0.2, 0) is 19.6 Å². The molecule has 17 heavy (non-hydrogen) atoms. The molecule has 0 spiro atoms. The van der Waals surface area contributed by atoms with Crippen LogP contribution in [0.15, 0.2) is 0 Å². The lowest BCUT2D eigenvalue weighted by Gasteiger charge is -2.24. The number of halogens is 1. The summed E-state index contributed by atoms with van der Waals surface area (Å²) in [6.07, 6.45) is 1.14. The quantitative estimate of drug-likeness (QED) is 0.382. The molecule has 0 unspecified atom stereocenters. The molecule has 0 fully saturated rings. The van der Waals surface area contributed by atoms with Gasteiger partial charge in [-0.3, -0.25) is 4.79 Å². The lowest BCUT2D eigenvalue weighted by atomic mass is 10.4. The summed E-state index contributed by atoms with van der Waals surface area (Å²) >= 11 is 5.50. The van der Waals surface area contributed by atoms with Gasteiger partial charge in [0.1, 0.15) is 6.54 Å². The molecule has 0 aromatic rings. The number of nitrogens with zero attached hydrogens (tertiary/aromatic N) is 1. The monoisotopic (exact) mass is 285 g/mol. The van der Waals surface area contributed by atoms with Crippen molar-refractivity contribution in [3.63, 3.8) is 0 Å². The number of carbonyl (C=O) groups is 1. The van der Waals surface area contributed by atoms with Crippen LogP contribution in [0.5, 0.6) is 0 Å². The van der Waals surface area contributed by atoms with Gasteiger partial charge in [0.25, 0.3) is 0 Å². The summed E-state index contributed by atoms with van der Waals surface area (Å²) < 4.78 is 29.6. The number of unbranched alkanes of at least 4 members (excludes halogenated alkanes) is 1. The third kappa shape index (κ3) is 6.24. The van der Waals surface area contributed by atoms with Crippen LogP contribution >= 0.6 is 11.6 Å². The van der Waals surface area contributed by atoms with E-state index in [0.29, 0.717) is 18.7 Å². The summed E-state index contributed by atoms with van der Waals surface area (Å²) in [5, 5.41) is 0. The van der Waals surface area contributed by atoms with E-state index in [1.165, 1.54) is 7.11 Å². The molecule has 102 valence electrons. The zero-order valence-electron chi connectivity index (χ0n) is 10.5. The molecule has 0 aromatic carbocycles. The molecule has 0 atom stereocenters. The van der Waals surface area contributed by atoms with Crippen LogP contribution in [0, 0.1) is 0 Å². The van der Waals surface area contributed by atoms with E-state index in [-0.39, 0.29) is 18.3 Å². The molecule has 0 bridgehead atoms. The van der Waals surface area contributed by atoms with Gasteiger partial charge < -0.3 is 4.74 Å². The maximum absolute atomic E-state index is 12.0. The highest BCUT2D eigenvalue weighted by molar-refractivity contribution is 7.89. The summed E-state index contributed by atoms with van der Waals surface area (Å²) in [6, 6.07) is -0.268. The molecule has 7 heteroatoms. The van der Waals surface area contributed by atoms with Crippen LogP contribution in [0.3, 0.4) is 0 Å². The minimum atomic E-state index is -3.43. The number of carbonyl (C=O) groups excluding carboxylic acids is 1. The minimum Gasteiger partial charge on any atom is -0.468 e. The lowest BCUT2D eigenvalue weighted by Crippen LogP contribution is -2.42. The van der Waals surface area contributed by atoms with Gasteiger partial charge in [-0.2, -0.15) is 4.31 Å². The predicted octanol–water partition coefficient (Wildman–Crippen LogP) is 1.22. The van der Waals surface area contributed by atoms with Gasteiger partial charge in [0.05, 0.1) is 12.9 Å². The molecule has 0 saturated heterocycles. The number of esters is 1. The van der Waals surface area contributed by atoms with Crippen LogP contribution in [0.1, 0.15) is 26.7 Å². The van der Waals surface area contributed by atoms with Crippen molar-refractivity contribution in [2.75, 3.05) is 25.3 Å². The maximum Gasteiger partial charge on any atom is 0.321 e. The van der Waals surface area contributed by atoms with E-state index >= 15 is 0 Å². The number of hydrogen-bond donors (Lipinski definition) is 0. The van der Waals surface area contributed by atoms with E-state index in [2.05, 4.69) is 4.74 Å². The first-order valence-electron chi connectivity index (χ1n) is 5.47. The van der Waals surface area contributed by atoms with Crippen LogP contribution in [0.4, 0.5) is 0 Å². The van der Waals surface area contributed by atoms with Gasteiger partial charge in [-0.15, -0.1) is 11.6 Å². The Labute approximate surface area is 108 Å². The first-order chi connectivity index (χ1) is 7.85. The standard InChI is InChI=1S/C10H20ClNO4S/c1-9(2)12(8-10(13)16-3)17(14,15)7-5-4-6-11/h9H,4-8H2,1-3H3. The van der Waals surface area contributed by atoms with Gasteiger partial charge in [0, 0.05) is 11.9 Å². The molecule has 0 heterocycles. The smallest absolute Gasteiger partial charge is 0.321 e. The third-order valence-corrected chi connectivity index (χ3v) is 4.57. The van der Waals surface area contributed by atoms with E-state index in [1.807, 2.05) is 0 Å². The van der Waals surface area contributed by atoms with Crippen molar-refractivity contribution in [3.05, 3.63) is 0 Å². The highest BCUT2D eigenvalue weighted by Gasteiger charge is 2.26. The fraction of sp³-hybridized carbons (Fsp3) is 0.900. The Morgan fingerprint density at radius 3 is 2.35 bits per heavy atom. The van der Waals surface area contributed by atoms with Gasteiger partial charge in [-0.05, 0) is 26.7 Å². The SMILES string of the molecule is COC(=O)CN(C(C)C)S(=O)(=O)CCCCCl. The van der Waals surface area contributed by atoms with Gasteiger partial charge >= 0.3 is 5.97 Å². The van der Waals surface area contributed by atoms with Crippen molar-refractivity contribution in [1.29, 1.82) is 0 Å². The summed E-state index contributed by atoms with van der Waals surface area (Å²) in [4.78, 5) is 11.2. The second kappa shape index (κ2) is 7.89. The number of alkyl halides is 1. The predicted molar refractivity (Wildman–Crippen MR) is 67.6 cm³/mol. The average Bonchev–Trinajstić information content (AvgIpc) is 2.24. The summed E-state index contributed by atoms with van der Waals surface area (Å²) in [5.74, 6) is -0.108. The van der Waals surface area contributed by atoms with E-state index < -0.39 is 16.0 Å². The fourth-order valence-corrected chi connectivity index (χ4v) is 3.23. The van der Waals surface area contributed by atoms with Crippen molar-refractivity contribution < 1.29 is 17.9 Å². The zero-order chi connectivity index (χ0) is 13.5. The highest BCUT2D eigenvalue weighted by atomic mass is 35.5. The molecule has 0 N–H and O–H groups in total. The Hall–Kier alpha value is -0.330. The van der Waals surface area contributed by atoms with Crippen LogP contribution in [0.2, 0.25) is 0 Å². The third-order valence-electron chi connectivity index (χ3n) is 2.23. The molecule has 0 radical (unpaired) electrons. The zero-order valence-corrected chi connectivity index (χ0v) is 12.1. The molecule has 0 amide bonds. The molecule has 0 aromatic heterocycles. The van der Waals surface area contributed by atoms with Crippen molar-refractivity contribution in [2.45, 2.75) is 32.7 Å². The fourth-order valence-electron chi connectivity index (χ4n) is 1.29. The van der Waals surface area contributed by atoms with Crippen molar-refractivity contribution >= 4 is 27.6 Å². The van der Waals surface area contributed by atoms with Crippen LogP contribution in [0.25, 0.3) is 0 Å². The lowest BCUT2D eigenvalue weighted by molar-refractivity contribution is -0.141. The van der Waals surface area contributed by atoms with Crippen molar-refractivity contribution in [3.8, 4) is 0 Å². The van der Waals surface area contributed by atoms with E-state index in [9.17, 15) is 13.2 Å². The number of hydrogen-bond acceptors (Lipinski definition) is 4. The Bertz CT molecular complexity index is 329. The molecule has 0 aliphatic heterocycles. The summed E-state index contributed by atoms with van der Waals surface area (Å²) in [6.45, 7) is 3.21. The minimum absolute atomic E-state index is 0.00882. The van der Waals surface area contributed by atoms with Crippen LogP contribution < -0.4 is 0 Å². The maximum atomic E-state index is 12.0. The Morgan fingerprint density at radius 1 is 1.35 bits per heavy atom. The second-order valence-corrected chi connectivity index (χ2v) is 6.35. The Morgan fingerprint density at radius 2 is 1.94 bits per heavy atom. The molecular weight excluding hydrogens is 266 g/mol. The Kier molecular flexibility index (Phi) is 7.74. The molecular formula is C10H20ClNO4S. The second-order valence-electron chi connectivity index (χ2n) is 3.93. The van der Waals surface area contributed by atoms with Gasteiger partial charge in [-0.25, -0.2) is 8.42 Å². The van der Waals surface area contributed by atoms with Gasteiger partial charge in [-0.1, -0.05) is 0 Å². The highest BCUT2D eigenvalue weighted by Crippen LogP contribution is 2.10.